The largest absolute Gasteiger partial charge is 0.490 e. The Morgan fingerprint density at radius 2 is 2.05 bits per heavy atom. The van der Waals surface area contributed by atoms with Crippen LogP contribution in [0.3, 0.4) is 0 Å². The molecule has 2 unspecified atom stereocenters. The molecule has 0 heterocycles. The van der Waals surface area contributed by atoms with E-state index in [9.17, 15) is 4.39 Å². The van der Waals surface area contributed by atoms with Gasteiger partial charge in [-0.25, -0.2) is 4.39 Å². The maximum absolute atomic E-state index is 13.8. The van der Waals surface area contributed by atoms with Crippen LogP contribution in [0.5, 0.6) is 5.75 Å². The monoisotopic (exact) mass is 267 g/mol. The first-order valence-corrected chi connectivity index (χ1v) is 6.85. The lowest BCUT2D eigenvalue weighted by Gasteiger charge is -2.29. The molecular formula is C15H22FNO2. The predicted octanol–water partition coefficient (Wildman–Crippen LogP) is 3.18. The molecule has 1 saturated carbocycles. The number of halogens is 1. The summed E-state index contributed by atoms with van der Waals surface area (Å²) in [5, 5.41) is 0. The highest BCUT2D eigenvalue weighted by molar-refractivity contribution is 5.37. The molecule has 4 heteroatoms. The normalized spacial score (nSPS) is 25.1. The summed E-state index contributed by atoms with van der Waals surface area (Å²) < 4.78 is 25.2. The highest BCUT2D eigenvalue weighted by Gasteiger charge is 2.24. The predicted molar refractivity (Wildman–Crippen MR) is 72.7 cm³/mol. The van der Waals surface area contributed by atoms with E-state index in [4.69, 9.17) is 15.2 Å². The van der Waals surface area contributed by atoms with E-state index >= 15 is 0 Å². The molecule has 2 N–H and O–H groups in total. The van der Waals surface area contributed by atoms with Crippen LogP contribution in [0.2, 0.25) is 0 Å². The molecule has 2 rings (SSSR count). The number of hydrogen-bond acceptors (Lipinski definition) is 3. The van der Waals surface area contributed by atoms with Gasteiger partial charge in [0.15, 0.2) is 0 Å². The Kier molecular flexibility index (Phi) is 4.77. The highest BCUT2D eigenvalue weighted by Crippen LogP contribution is 2.31. The van der Waals surface area contributed by atoms with E-state index < -0.39 is 0 Å². The Morgan fingerprint density at radius 3 is 2.74 bits per heavy atom. The van der Waals surface area contributed by atoms with Crippen LogP contribution in [0.1, 0.15) is 44.2 Å². The summed E-state index contributed by atoms with van der Waals surface area (Å²) in [7, 11) is 1.72. The molecule has 1 aliphatic rings. The molecule has 0 amide bonds. The summed E-state index contributed by atoms with van der Waals surface area (Å²) in [6.07, 6.45) is 4.30. The van der Waals surface area contributed by atoms with Crippen LogP contribution in [0, 0.1) is 5.82 Å². The van der Waals surface area contributed by atoms with E-state index in [0.717, 1.165) is 25.7 Å². The molecule has 1 aromatic carbocycles. The van der Waals surface area contributed by atoms with Gasteiger partial charge in [0.1, 0.15) is 17.7 Å². The van der Waals surface area contributed by atoms with Gasteiger partial charge in [0.25, 0.3) is 0 Å². The number of rotatable bonds is 4. The van der Waals surface area contributed by atoms with Gasteiger partial charge in [-0.3, -0.25) is 0 Å². The van der Waals surface area contributed by atoms with Gasteiger partial charge in [0.05, 0.1) is 6.10 Å². The van der Waals surface area contributed by atoms with E-state index in [1.165, 1.54) is 6.07 Å². The molecule has 0 radical (unpaired) electrons. The Labute approximate surface area is 113 Å². The summed E-state index contributed by atoms with van der Waals surface area (Å²) in [6.45, 7) is 1.77. The topological polar surface area (TPSA) is 44.5 Å². The number of benzene rings is 1. The Bertz CT molecular complexity index is 423. The zero-order valence-electron chi connectivity index (χ0n) is 11.6. The Balaban J connectivity index is 2.12. The number of methoxy groups -OCH3 is 1. The van der Waals surface area contributed by atoms with Crippen LogP contribution >= 0.6 is 0 Å². The van der Waals surface area contributed by atoms with Crippen molar-refractivity contribution in [3.05, 3.63) is 29.6 Å². The first-order chi connectivity index (χ1) is 9.11. The summed E-state index contributed by atoms with van der Waals surface area (Å²) >= 11 is 0. The first-order valence-electron chi connectivity index (χ1n) is 6.85. The fourth-order valence-electron chi connectivity index (χ4n) is 2.66. The van der Waals surface area contributed by atoms with Gasteiger partial charge < -0.3 is 15.2 Å². The zero-order chi connectivity index (χ0) is 13.8. The van der Waals surface area contributed by atoms with Crippen LogP contribution in [0.15, 0.2) is 18.2 Å². The van der Waals surface area contributed by atoms with Crippen LogP contribution < -0.4 is 10.5 Å². The molecule has 19 heavy (non-hydrogen) atoms. The van der Waals surface area contributed by atoms with Crippen molar-refractivity contribution in [2.75, 3.05) is 7.11 Å². The van der Waals surface area contributed by atoms with Gasteiger partial charge in [0.2, 0.25) is 0 Å². The SMILES string of the molecule is COC1CCCC(Oc2cccc(F)c2[C@H](C)N)C1. The average Bonchev–Trinajstić information content (AvgIpc) is 2.38. The molecule has 3 nitrogen and oxygen atoms in total. The fourth-order valence-corrected chi connectivity index (χ4v) is 2.66. The molecule has 3 atom stereocenters. The van der Waals surface area contributed by atoms with Gasteiger partial charge in [-0.15, -0.1) is 0 Å². The second-order valence-electron chi connectivity index (χ2n) is 5.20. The third-order valence-electron chi connectivity index (χ3n) is 3.67. The van der Waals surface area contributed by atoms with Crippen LogP contribution in [-0.2, 0) is 4.74 Å². The Morgan fingerprint density at radius 1 is 1.32 bits per heavy atom. The van der Waals surface area contributed by atoms with Crippen molar-refractivity contribution in [3.63, 3.8) is 0 Å². The van der Waals surface area contributed by atoms with Gasteiger partial charge in [-0.05, 0) is 38.3 Å². The van der Waals surface area contributed by atoms with Crippen molar-refractivity contribution < 1.29 is 13.9 Å². The minimum atomic E-state index is -0.377. The van der Waals surface area contributed by atoms with Crippen molar-refractivity contribution in [3.8, 4) is 5.75 Å². The van der Waals surface area contributed by atoms with E-state index in [1.807, 2.05) is 0 Å². The van der Waals surface area contributed by atoms with E-state index in [2.05, 4.69) is 0 Å². The number of hydrogen-bond donors (Lipinski definition) is 1. The second kappa shape index (κ2) is 6.35. The second-order valence-corrected chi connectivity index (χ2v) is 5.20. The lowest BCUT2D eigenvalue weighted by Crippen LogP contribution is -2.30. The lowest BCUT2D eigenvalue weighted by molar-refractivity contribution is 0.0205. The number of ether oxygens (including phenoxy) is 2. The number of nitrogens with two attached hydrogens (primary N) is 1. The summed E-state index contributed by atoms with van der Waals surface area (Å²) in [6, 6.07) is 4.49. The lowest BCUT2D eigenvalue weighted by atomic mass is 9.94. The van der Waals surface area contributed by atoms with Crippen molar-refractivity contribution in [2.45, 2.75) is 50.9 Å². The van der Waals surface area contributed by atoms with Gasteiger partial charge >= 0.3 is 0 Å². The Hall–Kier alpha value is -1.13. The van der Waals surface area contributed by atoms with Gasteiger partial charge in [-0.1, -0.05) is 6.07 Å². The molecule has 0 spiro atoms. The third-order valence-corrected chi connectivity index (χ3v) is 3.67. The van der Waals surface area contributed by atoms with E-state index in [1.54, 1.807) is 26.2 Å². The van der Waals surface area contributed by atoms with Crippen molar-refractivity contribution >= 4 is 0 Å². The van der Waals surface area contributed by atoms with Crippen molar-refractivity contribution in [1.82, 2.24) is 0 Å². The summed E-state index contributed by atoms with van der Waals surface area (Å²) in [5.74, 6) is 0.267. The van der Waals surface area contributed by atoms with E-state index in [-0.39, 0.29) is 24.1 Å². The van der Waals surface area contributed by atoms with Gasteiger partial charge in [-0.2, -0.15) is 0 Å². The molecule has 0 aromatic heterocycles. The smallest absolute Gasteiger partial charge is 0.131 e. The average molecular weight is 267 g/mol. The summed E-state index contributed by atoms with van der Waals surface area (Å²) in [5.41, 5.74) is 6.29. The van der Waals surface area contributed by atoms with Crippen LogP contribution in [-0.4, -0.2) is 19.3 Å². The highest BCUT2D eigenvalue weighted by atomic mass is 19.1. The van der Waals surface area contributed by atoms with Crippen molar-refractivity contribution in [2.24, 2.45) is 5.73 Å². The summed E-state index contributed by atoms with van der Waals surface area (Å²) in [4.78, 5) is 0. The molecule has 106 valence electrons. The van der Waals surface area contributed by atoms with E-state index in [0.29, 0.717) is 11.3 Å². The van der Waals surface area contributed by atoms with Crippen LogP contribution in [0.25, 0.3) is 0 Å². The molecule has 1 aliphatic carbocycles. The minimum absolute atomic E-state index is 0.0815. The van der Waals surface area contributed by atoms with Crippen molar-refractivity contribution in [1.29, 1.82) is 0 Å². The third kappa shape index (κ3) is 3.45. The molecule has 0 bridgehead atoms. The zero-order valence-corrected chi connectivity index (χ0v) is 11.6. The van der Waals surface area contributed by atoms with Crippen LogP contribution in [0.4, 0.5) is 4.39 Å². The molecule has 1 aromatic rings. The first kappa shape index (κ1) is 14.3. The molecule has 1 fully saturated rings. The van der Waals surface area contributed by atoms with Gasteiger partial charge in [0, 0.05) is 25.1 Å². The maximum atomic E-state index is 13.8. The molecular weight excluding hydrogens is 245 g/mol. The molecule has 0 aliphatic heterocycles. The maximum Gasteiger partial charge on any atom is 0.131 e. The molecule has 0 saturated heterocycles. The minimum Gasteiger partial charge on any atom is -0.490 e. The standard InChI is InChI=1S/C15H22FNO2/c1-10(17)15-13(16)7-4-8-14(15)19-12-6-3-5-11(9-12)18-2/h4,7-8,10-12H,3,5-6,9,17H2,1-2H3/t10-,11?,12?/m0/s1. The fraction of sp³-hybridized carbons (Fsp3) is 0.600. The quantitative estimate of drug-likeness (QED) is 0.911.